The van der Waals surface area contributed by atoms with Crippen molar-refractivity contribution in [3.8, 4) is 0 Å². The smallest absolute Gasteiger partial charge is 0.350 e. The van der Waals surface area contributed by atoms with Gasteiger partial charge in [0.15, 0.2) is 0 Å². The first-order valence-corrected chi connectivity index (χ1v) is 9.34. The Balaban J connectivity index is 1.45. The molecule has 144 valence electrons. The van der Waals surface area contributed by atoms with Crippen molar-refractivity contribution >= 4 is 29.2 Å². The van der Waals surface area contributed by atoms with Gasteiger partial charge in [-0.2, -0.15) is 0 Å². The number of hydrogen-bond acceptors (Lipinski definition) is 5. The molecule has 1 aromatic heterocycles. The Bertz CT molecular complexity index is 878. The van der Waals surface area contributed by atoms with Crippen molar-refractivity contribution in [2.24, 2.45) is 0 Å². The number of hydrazine groups is 1. The quantitative estimate of drug-likeness (QED) is 0.823. The van der Waals surface area contributed by atoms with E-state index in [4.69, 9.17) is 0 Å². The largest absolute Gasteiger partial charge is 0.372 e. The molecule has 2 saturated heterocycles. The van der Waals surface area contributed by atoms with Crippen molar-refractivity contribution in [3.05, 3.63) is 54.4 Å². The second kappa shape index (κ2) is 7.67. The van der Waals surface area contributed by atoms with E-state index in [0.717, 1.165) is 28.7 Å². The third-order valence-corrected chi connectivity index (χ3v) is 4.95. The molecule has 0 unspecified atom stereocenters. The van der Waals surface area contributed by atoms with E-state index in [2.05, 4.69) is 15.3 Å². The zero-order valence-electron chi connectivity index (χ0n) is 15.4. The van der Waals surface area contributed by atoms with Crippen LogP contribution >= 0.6 is 0 Å². The monoisotopic (exact) mass is 379 g/mol. The van der Waals surface area contributed by atoms with Crippen LogP contribution in [0, 0.1) is 0 Å². The van der Waals surface area contributed by atoms with Gasteiger partial charge in [0.05, 0.1) is 11.3 Å². The molecule has 8 heteroatoms. The summed E-state index contributed by atoms with van der Waals surface area (Å²) in [5, 5.41) is 1.02. The van der Waals surface area contributed by atoms with Gasteiger partial charge in [-0.25, -0.2) is 14.7 Å². The molecule has 0 aliphatic carbocycles. The first-order valence-electron chi connectivity index (χ1n) is 9.34. The Hall–Kier alpha value is -3.42. The van der Waals surface area contributed by atoms with E-state index < -0.39 is 11.9 Å². The number of urea groups is 1. The molecule has 2 aliphatic rings. The van der Waals surface area contributed by atoms with Gasteiger partial charge in [-0.1, -0.05) is 0 Å². The molecule has 4 amide bonds. The lowest BCUT2D eigenvalue weighted by Crippen LogP contribution is -2.45. The topological polar surface area (TPSA) is 85.9 Å². The summed E-state index contributed by atoms with van der Waals surface area (Å²) in [7, 11) is 0. The normalized spacial score (nSPS) is 17.2. The third-order valence-electron chi connectivity index (χ3n) is 4.95. The zero-order chi connectivity index (χ0) is 19.5. The lowest BCUT2D eigenvalue weighted by molar-refractivity contribution is -0.116. The fourth-order valence-corrected chi connectivity index (χ4v) is 3.49. The molecule has 28 heavy (non-hydrogen) atoms. The molecular weight excluding hydrogens is 358 g/mol. The minimum atomic E-state index is -0.576. The van der Waals surface area contributed by atoms with Gasteiger partial charge in [0.2, 0.25) is 0 Å². The van der Waals surface area contributed by atoms with E-state index in [-0.39, 0.29) is 12.5 Å². The number of benzene rings is 1. The number of hydrogen-bond donors (Lipinski definition) is 1. The molecule has 0 bridgehead atoms. The maximum atomic E-state index is 12.7. The van der Waals surface area contributed by atoms with E-state index in [1.54, 1.807) is 30.5 Å². The number of nitrogens with one attached hydrogen (secondary N) is 1. The van der Waals surface area contributed by atoms with Crippen LogP contribution in [0.15, 0.2) is 48.8 Å². The highest BCUT2D eigenvalue weighted by Gasteiger charge is 2.38. The SMILES string of the molecule is O=C(NN1CC(=O)N(c2ccc(N3CCCCC3)cc2)C1=O)c1cccnc1. The summed E-state index contributed by atoms with van der Waals surface area (Å²) in [5.41, 5.74) is 4.37. The van der Waals surface area contributed by atoms with Crippen molar-refractivity contribution in [1.29, 1.82) is 0 Å². The fourth-order valence-electron chi connectivity index (χ4n) is 3.49. The molecule has 2 fully saturated rings. The minimum absolute atomic E-state index is 0.210. The van der Waals surface area contributed by atoms with Crippen LogP contribution in [0.2, 0.25) is 0 Å². The maximum Gasteiger partial charge on any atom is 0.350 e. The molecule has 0 atom stereocenters. The molecule has 2 aliphatic heterocycles. The van der Waals surface area contributed by atoms with Crippen molar-refractivity contribution < 1.29 is 14.4 Å². The molecule has 8 nitrogen and oxygen atoms in total. The van der Waals surface area contributed by atoms with Crippen LogP contribution in [0.25, 0.3) is 0 Å². The van der Waals surface area contributed by atoms with Crippen LogP contribution in [-0.4, -0.2) is 47.5 Å². The van der Waals surface area contributed by atoms with Crippen molar-refractivity contribution in [1.82, 2.24) is 15.4 Å². The number of amides is 4. The van der Waals surface area contributed by atoms with Crippen LogP contribution in [0.5, 0.6) is 0 Å². The minimum Gasteiger partial charge on any atom is -0.372 e. The number of imide groups is 1. The molecular formula is C20H21N5O3. The number of carbonyl (C=O) groups excluding carboxylic acids is 3. The van der Waals surface area contributed by atoms with Gasteiger partial charge in [-0.15, -0.1) is 0 Å². The van der Waals surface area contributed by atoms with Crippen LogP contribution in [0.4, 0.5) is 16.2 Å². The predicted molar refractivity (Wildman–Crippen MR) is 104 cm³/mol. The molecule has 0 spiro atoms. The number of nitrogens with zero attached hydrogens (tertiary/aromatic N) is 4. The molecule has 1 aromatic carbocycles. The van der Waals surface area contributed by atoms with Crippen molar-refractivity contribution in [2.75, 3.05) is 29.4 Å². The van der Waals surface area contributed by atoms with Gasteiger partial charge in [-0.05, 0) is 55.7 Å². The Morgan fingerprint density at radius 1 is 0.964 bits per heavy atom. The first kappa shape index (κ1) is 18.0. The predicted octanol–water partition coefficient (Wildman–Crippen LogP) is 2.19. The average Bonchev–Trinajstić information content (AvgIpc) is 3.02. The Kier molecular flexibility index (Phi) is 4.92. The van der Waals surface area contributed by atoms with Gasteiger partial charge in [-0.3, -0.25) is 20.0 Å². The number of rotatable bonds is 4. The number of pyridine rings is 1. The zero-order valence-corrected chi connectivity index (χ0v) is 15.4. The van der Waals surface area contributed by atoms with Gasteiger partial charge < -0.3 is 4.90 Å². The van der Waals surface area contributed by atoms with E-state index >= 15 is 0 Å². The summed E-state index contributed by atoms with van der Waals surface area (Å²) in [6, 6.07) is 10.0. The van der Waals surface area contributed by atoms with Crippen molar-refractivity contribution in [3.63, 3.8) is 0 Å². The molecule has 2 aromatic rings. The van der Waals surface area contributed by atoms with E-state index in [1.807, 2.05) is 12.1 Å². The first-order chi connectivity index (χ1) is 13.6. The Labute approximate surface area is 162 Å². The molecule has 0 radical (unpaired) electrons. The average molecular weight is 379 g/mol. The van der Waals surface area contributed by atoms with Gasteiger partial charge >= 0.3 is 6.03 Å². The summed E-state index contributed by atoms with van der Waals surface area (Å²) in [4.78, 5) is 44.6. The molecule has 0 saturated carbocycles. The number of aromatic nitrogens is 1. The van der Waals surface area contributed by atoms with Crippen LogP contribution in [-0.2, 0) is 4.79 Å². The lowest BCUT2D eigenvalue weighted by atomic mass is 10.1. The van der Waals surface area contributed by atoms with Gasteiger partial charge in [0.25, 0.3) is 11.8 Å². The van der Waals surface area contributed by atoms with E-state index in [9.17, 15) is 14.4 Å². The Morgan fingerprint density at radius 3 is 2.36 bits per heavy atom. The maximum absolute atomic E-state index is 12.7. The number of carbonyl (C=O) groups is 3. The number of anilines is 2. The summed E-state index contributed by atoms with van der Waals surface area (Å²) in [5.74, 6) is -0.876. The Morgan fingerprint density at radius 2 is 1.68 bits per heavy atom. The fraction of sp³-hybridized carbons (Fsp3) is 0.300. The highest BCUT2D eigenvalue weighted by Crippen LogP contribution is 2.26. The van der Waals surface area contributed by atoms with Crippen LogP contribution < -0.4 is 15.2 Å². The molecule has 1 N–H and O–H groups in total. The number of piperidine rings is 1. The molecule has 4 rings (SSSR count). The highest BCUT2D eigenvalue weighted by molar-refractivity contribution is 6.20. The van der Waals surface area contributed by atoms with E-state index in [0.29, 0.717) is 11.3 Å². The summed E-state index contributed by atoms with van der Waals surface area (Å²) >= 11 is 0. The van der Waals surface area contributed by atoms with Gasteiger partial charge in [0.1, 0.15) is 6.54 Å². The van der Waals surface area contributed by atoms with E-state index in [1.165, 1.54) is 25.5 Å². The van der Waals surface area contributed by atoms with Crippen molar-refractivity contribution in [2.45, 2.75) is 19.3 Å². The van der Waals surface area contributed by atoms with Crippen LogP contribution in [0.3, 0.4) is 0 Å². The summed E-state index contributed by atoms with van der Waals surface area (Å²) < 4.78 is 0. The standard InChI is InChI=1S/C20H21N5O3/c26-18-14-24(22-19(27)15-5-4-10-21-13-15)20(28)25(18)17-8-6-16(7-9-17)23-11-2-1-3-12-23/h4-10,13H,1-3,11-12,14H2,(H,22,27). The molecule has 3 heterocycles. The second-order valence-corrected chi connectivity index (χ2v) is 6.84. The highest BCUT2D eigenvalue weighted by atomic mass is 16.2. The van der Waals surface area contributed by atoms with Gasteiger partial charge in [0, 0.05) is 31.2 Å². The summed E-state index contributed by atoms with van der Waals surface area (Å²) in [6.07, 6.45) is 6.56. The summed E-state index contributed by atoms with van der Waals surface area (Å²) in [6.45, 7) is 1.84. The lowest BCUT2D eigenvalue weighted by Gasteiger charge is -2.29. The van der Waals surface area contributed by atoms with Crippen LogP contribution in [0.1, 0.15) is 29.6 Å². The second-order valence-electron chi connectivity index (χ2n) is 6.84. The third kappa shape index (κ3) is 3.53.